The van der Waals surface area contributed by atoms with E-state index in [2.05, 4.69) is 6.92 Å². The monoisotopic (exact) mass is 272 g/mol. The van der Waals surface area contributed by atoms with Gasteiger partial charge in [-0.3, -0.25) is 0 Å². The van der Waals surface area contributed by atoms with Crippen LogP contribution in [0, 0.1) is 0 Å². The average molecular weight is 272 g/mol. The molecule has 0 aromatic heterocycles. The van der Waals surface area contributed by atoms with Crippen molar-refractivity contribution in [3.8, 4) is 5.75 Å². The van der Waals surface area contributed by atoms with E-state index in [1.54, 1.807) is 6.07 Å². The van der Waals surface area contributed by atoms with Crippen LogP contribution in [0.4, 0.5) is 5.69 Å². The molecule has 5 nitrogen and oxygen atoms in total. The van der Waals surface area contributed by atoms with Gasteiger partial charge in [0.05, 0.1) is 17.2 Å². The van der Waals surface area contributed by atoms with Gasteiger partial charge >= 0.3 is 0 Å². The minimum absolute atomic E-state index is 0.188. The molecule has 0 atom stereocenters. The number of hydrogen-bond donors (Lipinski definition) is 1. The Morgan fingerprint density at radius 2 is 2.00 bits per heavy atom. The molecule has 0 radical (unpaired) electrons. The number of anilines is 1. The summed E-state index contributed by atoms with van der Waals surface area (Å²) < 4.78 is 30.6. The molecule has 0 aliphatic heterocycles. The summed E-state index contributed by atoms with van der Waals surface area (Å²) in [5, 5.41) is 0. The molecule has 1 rings (SSSR count). The first-order valence-electron chi connectivity index (χ1n) is 5.84. The molecule has 0 saturated carbocycles. The molecule has 0 bridgehead atoms. The summed E-state index contributed by atoms with van der Waals surface area (Å²) >= 11 is 0. The molecule has 1 aromatic carbocycles. The van der Waals surface area contributed by atoms with Crippen LogP contribution < -0.4 is 10.5 Å². The number of nitrogens with zero attached hydrogens (tertiary/aromatic N) is 1. The van der Waals surface area contributed by atoms with Crippen molar-refractivity contribution in [1.82, 2.24) is 4.31 Å². The molecule has 2 N–H and O–H groups in total. The zero-order valence-electron chi connectivity index (χ0n) is 11.0. The molecule has 0 unspecified atom stereocenters. The van der Waals surface area contributed by atoms with Gasteiger partial charge in [0.25, 0.3) is 0 Å². The Labute approximate surface area is 109 Å². The molecule has 0 aliphatic carbocycles. The third kappa shape index (κ3) is 3.36. The maximum Gasteiger partial charge on any atom is 0.242 e. The molecule has 0 fully saturated rings. The summed E-state index contributed by atoms with van der Waals surface area (Å²) in [7, 11) is -0.470. The molecular formula is C12H20N2O3S. The minimum atomic E-state index is -3.45. The fraction of sp³-hybridized carbons (Fsp3) is 0.500. The predicted molar refractivity (Wildman–Crippen MR) is 72.1 cm³/mol. The lowest BCUT2D eigenvalue weighted by atomic mass is 10.3. The molecule has 0 spiro atoms. The van der Waals surface area contributed by atoms with Crippen molar-refractivity contribution in [3.05, 3.63) is 18.2 Å². The van der Waals surface area contributed by atoms with Gasteiger partial charge in [0.2, 0.25) is 10.0 Å². The van der Waals surface area contributed by atoms with Crippen LogP contribution in [-0.4, -0.2) is 33.4 Å². The number of ether oxygens (including phenoxy) is 1. The van der Waals surface area contributed by atoms with Crippen LogP contribution in [0.3, 0.4) is 0 Å². The smallest absolute Gasteiger partial charge is 0.242 e. The third-order valence-electron chi connectivity index (χ3n) is 2.52. The van der Waals surface area contributed by atoms with Gasteiger partial charge in [-0.05, 0) is 18.6 Å². The van der Waals surface area contributed by atoms with Crippen molar-refractivity contribution < 1.29 is 13.2 Å². The summed E-state index contributed by atoms with van der Waals surface area (Å²) in [6, 6.07) is 4.51. The van der Waals surface area contributed by atoms with Gasteiger partial charge in [-0.25, -0.2) is 12.7 Å². The van der Waals surface area contributed by atoms with E-state index in [1.165, 1.54) is 26.2 Å². The largest absolute Gasteiger partial charge is 0.491 e. The SMILES string of the molecule is CCCCOc1cc(S(=O)(=O)N(C)C)ccc1N. The van der Waals surface area contributed by atoms with E-state index in [1.807, 2.05) is 0 Å². The molecule has 18 heavy (non-hydrogen) atoms. The highest BCUT2D eigenvalue weighted by molar-refractivity contribution is 7.89. The molecule has 102 valence electrons. The van der Waals surface area contributed by atoms with Crippen LogP contribution in [0.25, 0.3) is 0 Å². The summed E-state index contributed by atoms with van der Waals surface area (Å²) in [6.45, 7) is 2.59. The van der Waals surface area contributed by atoms with Crippen molar-refractivity contribution in [2.45, 2.75) is 24.7 Å². The van der Waals surface area contributed by atoms with Gasteiger partial charge < -0.3 is 10.5 Å². The van der Waals surface area contributed by atoms with E-state index in [0.29, 0.717) is 18.0 Å². The zero-order valence-corrected chi connectivity index (χ0v) is 11.8. The Balaban J connectivity index is 3.01. The minimum Gasteiger partial charge on any atom is -0.491 e. The summed E-state index contributed by atoms with van der Waals surface area (Å²) in [4.78, 5) is 0.188. The molecule has 6 heteroatoms. The lowest BCUT2D eigenvalue weighted by Gasteiger charge is -2.14. The number of benzene rings is 1. The van der Waals surface area contributed by atoms with Gasteiger partial charge in [0.15, 0.2) is 0 Å². The van der Waals surface area contributed by atoms with Crippen molar-refractivity contribution in [3.63, 3.8) is 0 Å². The highest BCUT2D eigenvalue weighted by Crippen LogP contribution is 2.26. The summed E-state index contributed by atoms with van der Waals surface area (Å²) in [5.41, 5.74) is 6.21. The average Bonchev–Trinajstić information content (AvgIpc) is 2.31. The van der Waals surface area contributed by atoms with Crippen LogP contribution >= 0.6 is 0 Å². The first-order valence-corrected chi connectivity index (χ1v) is 7.28. The highest BCUT2D eigenvalue weighted by Gasteiger charge is 2.18. The fourth-order valence-corrected chi connectivity index (χ4v) is 2.26. The summed E-state index contributed by atoms with van der Waals surface area (Å²) in [6.07, 6.45) is 1.92. The van der Waals surface area contributed by atoms with Crippen LogP contribution in [0.2, 0.25) is 0 Å². The Morgan fingerprint density at radius 3 is 2.56 bits per heavy atom. The molecule has 0 saturated heterocycles. The number of nitrogens with two attached hydrogens (primary N) is 1. The quantitative estimate of drug-likeness (QED) is 0.632. The number of rotatable bonds is 6. The second-order valence-electron chi connectivity index (χ2n) is 4.19. The molecule has 1 aromatic rings. The maximum absolute atomic E-state index is 12.0. The number of sulfonamides is 1. The van der Waals surface area contributed by atoms with Crippen molar-refractivity contribution >= 4 is 15.7 Å². The highest BCUT2D eigenvalue weighted by atomic mass is 32.2. The van der Waals surface area contributed by atoms with E-state index in [-0.39, 0.29) is 4.90 Å². The van der Waals surface area contributed by atoms with Crippen LogP contribution in [-0.2, 0) is 10.0 Å². The Bertz CT molecular complexity index is 498. The topological polar surface area (TPSA) is 72.6 Å². The van der Waals surface area contributed by atoms with Gasteiger partial charge in [0, 0.05) is 20.2 Å². The van der Waals surface area contributed by atoms with E-state index < -0.39 is 10.0 Å². The van der Waals surface area contributed by atoms with Crippen LogP contribution in [0.1, 0.15) is 19.8 Å². The predicted octanol–water partition coefficient (Wildman–Crippen LogP) is 1.70. The van der Waals surface area contributed by atoms with Gasteiger partial charge in [-0.15, -0.1) is 0 Å². The molecular weight excluding hydrogens is 252 g/mol. The van der Waals surface area contributed by atoms with Crippen molar-refractivity contribution in [1.29, 1.82) is 0 Å². The van der Waals surface area contributed by atoms with Gasteiger partial charge in [0.1, 0.15) is 5.75 Å². The van der Waals surface area contributed by atoms with Crippen LogP contribution in [0.15, 0.2) is 23.1 Å². The summed E-state index contributed by atoms with van der Waals surface area (Å²) in [5.74, 6) is 0.423. The van der Waals surface area contributed by atoms with E-state index in [9.17, 15) is 8.42 Å². The van der Waals surface area contributed by atoms with Crippen molar-refractivity contribution in [2.75, 3.05) is 26.4 Å². The van der Waals surface area contributed by atoms with E-state index >= 15 is 0 Å². The Kier molecular flexibility index (Phi) is 4.98. The fourth-order valence-electron chi connectivity index (χ4n) is 1.34. The molecule has 0 heterocycles. The van der Waals surface area contributed by atoms with E-state index in [0.717, 1.165) is 17.1 Å². The maximum atomic E-state index is 12.0. The standard InChI is InChI=1S/C12H20N2O3S/c1-4-5-8-17-12-9-10(6-7-11(12)13)18(15,16)14(2)3/h6-7,9H,4-5,8,13H2,1-3H3. The van der Waals surface area contributed by atoms with Gasteiger partial charge in [-0.1, -0.05) is 13.3 Å². The second-order valence-corrected chi connectivity index (χ2v) is 6.34. The lowest BCUT2D eigenvalue weighted by Crippen LogP contribution is -2.22. The Hall–Kier alpha value is -1.27. The third-order valence-corrected chi connectivity index (χ3v) is 4.33. The lowest BCUT2D eigenvalue weighted by molar-refractivity contribution is 0.310. The first kappa shape index (κ1) is 14.8. The second kappa shape index (κ2) is 6.06. The van der Waals surface area contributed by atoms with Crippen molar-refractivity contribution in [2.24, 2.45) is 0 Å². The number of hydrogen-bond acceptors (Lipinski definition) is 4. The Morgan fingerprint density at radius 1 is 1.33 bits per heavy atom. The molecule has 0 aliphatic rings. The van der Waals surface area contributed by atoms with Gasteiger partial charge in [-0.2, -0.15) is 0 Å². The number of nitrogen functional groups attached to an aromatic ring is 1. The zero-order chi connectivity index (χ0) is 13.8. The number of unbranched alkanes of at least 4 members (excludes halogenated alkanes) is 1. The van der Waals surface area contributed by atoms with E-state index in [4.69, 9.17) is 10.5 Å². The first-order chi connectivity index (χ1) is 8.39. The molecule has 0 amide bonds. The van der Waals surface area contributed by atoms with Crippen LogP contribution in [0.5, 0.6) is 5.75 Å². The normalized spacial score (nSPS) is 11.8.